The lowest BCUT2D eigenvalue weighted by molar-refractivity contribution is -0.143. The number of likely N-dealkylation sites (N-methyl/N-ethyl adjacent to an activating group) is 1. The Kier molecular flexibility index (Phi) is 5.05. The van der Waals surface area contributed by atoms with Crippen molar-refractivity contribution < 1.29 is 24.2 Å². The molecule has 1 fully saturated rings. The van der Waals surface area contributed by atoms with Crippen molar-refractivity contribution in [2.24, 2.45) is 5.92 Å². The van der Waals surface area contributed by atoms with Crippen molar-refractivity contribution in [1.82, 2.24) is 15.8 Å². The molecular weight excluding hydrogens is 242 g/mol. The van der Waals surface area contributed by atoms with Crippen molar-refractivity contribution in [2.45, 2.75) is 13.0 Å². The number of amides is 2. The summed E-state index contributed by atoms with van der Waals surface area (Å²) in [5, 5.41) is 8.98. The molecule has 0 aromatic heterocycles. The van der Waals surface area contributed by atoms with Crippen molar-refractivity contribution in [2.75, 3.05) is 26.8 Å². The molecular formula is C10H17N3O5. The molecule has 0 radical (unpaired) electrons. The molecule has 0 aliphatic carbocycles. The van der Waals surface area contributed by atoms with E-state index < -0.39 is 17.8 Å². The highest BCUT2D eigenvalue weighted by atomic mass is 16.5. The van der Waals surface area contributed by atoms with Crippen LogP contribution in [0.5, 0.6) is 0 Å². The Hall–Kier alpha value is -1.67. The van der Waals surface area contributed by atoms with E-state index in [2.05, 4.69) is 10.9 Å². The molecule has 1 aliphatic rings. The quantitative estimate of drug-likeness (QED) is 0.513. The average molecular weight is 259 g/mol. The molecule has 102 valence electrons. The number of rotatable bonds is 4. The van der Waals surface area contributed by atoms with Gasteiger partial charge in [-0.2, -0.15) is 0 Å². The molecule has 8 nitrogen and oxygen atoms in total. The van der Waals surface area contributed by atoms with Crippen LogP contribution >= 0.6 is 0 Å². The van der Waals surface area contributed by atoms with Crippen LogP contribution in [0.3, 0.4) is 0 Å². The molecule has 0 saturated carbocycles. The van der Waals surface area contributed by atoms with Gasteiger partial charge in [0.25, 0.3) is 5.91 Å². The van der Waals surface area contributed by atoms with Crippen LogP contribution in [-0.2, 0) is 19.1 Å². The standard InChI is InChI=1S/C10H17N3O5/c1-6(14)11-12-9(15)3-13(2)8-5-18-4-7(8)10(16)17/h7-8H,3-5H2,1-2H3,(H,11,14)(H,12,15)(H,16,17). The number of carboxylic acid groups (broad SMARTS) is 1. The largest absolute Gasteiger partial charge is 0.481 e. The molecule has 2 unspecified atom stereocenters. The fraction of sp³-hybridized carbons (Fsp3) is 0.700. The summed E-state index contributed by atoms with van der Waals surface area (Å²) in [6.45, 7) is 1.69. The second kappa shape index (κ2) is 6.31. The summed E-state index contributed by atoms with van der Waals surface area (Å²) in [6.07, 6.45) is 0. The van der Waals surface area contributed by atoms with Gasteiger partial charge in [-0.05, 0) is 7.05 Å². The number of nitrogens with zero attached hydrogens (tertiary/aromatic N) is 1. The van der Waals surface area contributed by atoms with Crippen molar-refractivity contribution in [3.63, 3.8) is 0 Å². The predicted molar refractivity (Wildman–Crippen MR) is 60.3 cm³/mol. The highest BCUT2D eigenvalue weighted by molar-refractivity contribution is 5.82. The first kappa shape index (κ1) is 14.4. The Morgan fingerprint density at radius 2 is 2.00 bits per heavy atom. The molecule has 8 heteroatoms. The van der Waals surface area contributed by atoms with Crippen LogP contribution in [0.2, 0.25) is 0 Å². The first-order valence-corrected chi connectivity index (χ1v) is 5.48. The number of hydrazine groups is 1. The summed E-state index contributed by atoms with van der Waals surface area (Å²) in [4.78, 5) is 34.6. The van der Waals surface area contributed by atoms with Gasteiger partial charge >= 0.3 is 5.97 Å². The van der Waals surface area contributed by atoms with E-state index in [0.29, 0.717) is 0 Å². The Bertz CT molecular complexity index is 346. The van der Waals surface area contributed by atoms with E-state index in [9.17, 15) is 14.4 Å². The lowest BCUT2D eigenvalue weighted by Crippen LogP contribution is -2.49. The third-order valence-electron chi connectivity index (χ3n) is 2.70. The van der Waals surface area contributed by atoms with E-state index in [4.69, 9.17) is 9.84 Å². The molecule has 1 aliphatic heterocycles. The maximum absolute atomic E-state index is 11.4. The maximum atomic E-state index is 11.4. The summed E-state index contributed by atoms with van der Waals surface area (Å²) < 4.78 is 5.11. The van der Waals surface area contributed by atoms with Crippen LogP contribution in [-0.4, -0.2) is 60.6 Å². The van der Waals surface area contributed by atoms with Crippen LogP contribution in [0.4, 0.5) is 0 Å². The van der Waals surface area contributed by atoms with Crippen LogP contribution in [0.1, 0.15) is 6.92 Å². The lowest BCUT2D eigenvalue weighted by atomic mass is 10.0. The van der Waals surface area contributed by atoms with Crippen LogP contribution < -0.4 is 10.9 Å². The summed E-state index contributed by atoms with van der Waals surface area (Å²) in [5.41, 5.74) is 4.37. The zero-order chi connectivity index (χ0) is 13.7. The van der Waals surface area contributed by atoms with Gasteiger partial charge in [0, 0.05) is 13.0 Å². The van der Waals surface area contributed by atoms with E-state index in [1.54, 1.807) is 11.9 Å². The summed E-state index contributed by atoms with van der Waals surface area (Å²) in [5.74, 6) is -2.36. The molecule has 1 rings (SSSR count). The van der Waals surface area contributed by atoms with Crippen LogP contribution in [0, 0.1) is 5.92 Å². The molecule has 0 bridgehead atoms. The van der Waals surface area contributed by atoms with Gasteiger partial charge < -0.3 is 9.84 Å². The number of hydrogen-bond acceptors (Lipinski definition) is 5. The number of carbonyl (C=O) groups is 3. The maximum Gasteiger partial charge on any atom is 0.310 e. The number of aliphatic carboxylic acids is 1. The number of nitrogens with one attached hydrogen (secondary N) is 2. The van der Waals surface area contributed by atoms with Gasteiger partial charge in [-0.15, -0.1) is 0 Å². The molecule has 1 heterocycles. The molecule has 0 spiro atoms. The fourth-order valence-electron chi connectivity index (χ4n) is 1.75. The minimum absolute atomic E-state index is 0.0158. The molecule has 0 aromatic carbocycles. The number of ether oxygens (including phenoxy) is 1. The van der Waals surface area contributed by atoms with Gasteiger partial charge in [0.15, 0.2) is 0 Å². The average Bonchev–Trinajstić information content (AvgIpc) is 2.75. The van der Waals surface area contributed by atoms with E-state index in [1.807, 2.05) is 0 Å². The van der Waals surface area contributed by atoms with Gasteiger partial charge in [-0.3, -0.25) is 30.1 Å². The van der Waals surface area contributed by atoms with Crippen molar-refractivity contribution >= 4 is 17.8 Å². The van der Waals surface area contributed by atoms with Crippen LogP contribution in [0.25, 0.3) is 0 Å². The van der Waals surface area contributed by atoms with Crippen molar-refractivity contribution in [3.8, 4) is 0 Å². The van der Waals surface area contributed by atoms with E-state index >= 15 is 0 Å². The lowest BCUT2D eigenvalue weighted by Gasteiger charge is -2.25. The summed E-state index contributed by atoms with van der Waals surface area (Å²) in [7, 11) is 1.64. The summed E-state index contributed by atoms with van der Waals surface area (Å²) in [6, 6.07) is -0.342. The second-order valence-electron chi connectivity index (χ2n) is 4.19. The molecule has 0 aromatic rings. The molecule has 18 heavy (non-hydrogen) atoms. The van der Waals surface area contributed by atoms with E-state index in [1.165, 1.54) is 6.92 Å². The van der Waals surface area contributed by atoms with Crippen LogP contribution in [0.15, 0.2) is 0 Å². The minimum atomic E-state index is -0.938. The number of carbonyl (C=O) groups excluding carboxylic acids is 2. The van der Waals surface area contributed by atoms with Gasteiger partial charge in [0.2, 0.25) is 5.91 Å². The van der Waals surface area contributed by atoms with E-state index in [-0.39, 0.29) is 31.7 Å². The molecule has 2 atom stereocenters. The van der Waals surface area contributed by atoms with Crippen molar-refractivity contribution in [1.29, 1.82) is 0 Å². The predicted octanol–water partition coefficient (Wildman–Crippen LogP) is -1.81. The third kappa shape index (κ3) is 3.97. The first-order valence-electron chi connectivity index (χ1n) is 5.48. The Morgan fingerprint density at radius 1 is 1.33 bits per heavy atom. The smallest absolute Gasteiger partial charge is 0.310 e. The molecule has 1 saturated heterocycles. The second-order valence-corrected chi connectivity index (χ2v) is 4.19. The normalized spacial score (nSPS) is 22.8. The Balaban J connectivity index is 2.44. The Morgan fingerprint density at radius 3 is 2.56 bits per heavy atom. The molecule has 2 amide bonds. The SMILES string of the molecule is CC(=O)NNC(=O)CN(C)C1COCC1C(=O)O. The van der Waals surface area contributed by atoms with Gasteiger partial charge in [0.1, 0.15) is 0 Å². The summed E-state index contributed by atoms with van der Waals surface area (Å²) >= 11 is 0. The zero-order valence-electron chi connectivity index (χ0n) is 10.3. The third-order valence-corrected chi connectivity index (χ3v) is 2.70. The van der Waals surface area contributed by atoms with Gasteiger partial charge in [0.05, 0.1) is 25.7 Å². The van der Waals surface area contributed by atoms with E-state index in [0.717, 1.165) is 0 Å². The number of hydrogen-bond donors (Lipinski definition) is 3. The Labute approximate surface area is 104 Å². The monoisotopic (exact) mass is 259 g/mol. The topological polar surface area (TPSA) is 108 Å². The molecule has 3 N–H and O–H groups in total. The minimum Gasteiger partial charge on any atom is -0.481 e. The highest BCUT2D eigenvalue weighted by Gasteiger charge is 2.37. The van der Waals surface area contributed by atoms with Gasteiger partial charge in [-0.25, -0.2) is 0 Å². The first-order chi connectivity index (χ1) is 8.41. The fourth-order valence-corrected chi connectivity index (χ4v) is 1.75. The van der Waals surface area contributed by atoms with Gasteiger partial charge in [-0.1, -0.05) is 0 Å². The highest BCUT2D eigenvalue weighted by Crippen LogP contribution is 2.18. The van der Waals surface area contributed by atoms with Crippen molar-refractivity contribution in [3.05, 3.63) is 0 Å². The number of carboxylic acids is 1. The zero-order valence-corrected chi connectivity index (χ0v) is 10.3.